The molecule has 14 heavy (non-hydrogen) atoms. The van der Waals surface area contributed by atoms with Crippen molar-refractivity contribution in [3.05, 3.63) is 35.9 Å². The van der Waals surface area contributed by atoms with Gasteiger partial charge in [0.2, 0.25) is 0 Å². The Hall–Kier alpha value is -1.51. The van der Waals surface area contributed by atoms with E-state index in [1.165, 1.54) is 5.56 Å². The first-order valence-electron chi connectivity index (χ1n) is 4.86. The summed E-state index contributed by atoms with van der Waals surface area (Å²) < 4.78 is 0. The summed E-state index contributed by atoms with van der Waals surface area (Å²) in [4.78, 5) is 10.3. The minimum Gasteiger partial charge on any atom is -0.352 e. The fourth-order valence-corrected chi connectivity index (χ4v) is 1.31. The Morgan fingerprint density at radius 1 is 1.21 bits per heavy atom. The van der Waals surface area contributed by atoms with Crippen molar-refractivity contribution in [1.29, 1.82) is 0 Å². The quantitative estimate of drug-likeness (QED) is 0.685. The summed E-state index contributed by atoms with van der Waals surface area (Å²) in [6.45, 7) is 0.669. The molecule has 0 aliphatic heterocycles. The molecule has 1 aromatic carbocycles. The van der Waals surface area contributed by atoms with Gasteiger partial charge in [-0.05, 0) is 24.8 Å². The molecule has 0 heterocycles. The Morgan fingerprint density at radius 2 is 1.93 bits per heavy atom. The number of rotatable bonds is 5. The number of unbranched alkanes of at least 4 members (excludes halogenated alkanes) is 1. The molecule has 0 fully saturated rings. The van der Waals surface area contributed by atoms with Gasteiger partial charge in [0.05, 0.1) is 0 Å². The number of urea groups is 1. The molecule has 3 nitrogen and oxygen atoms in total. The van der Waals surface area contributed by atoms with E-state index in [0.29, 0.717) is 6.54 Å². The highest BCUT2D eigenvalue weighted by Gasteiger charge is 1.93. The number of aryl methyl sites for hydroxylation is 1. The first-order chi connectivity index (χ1) is 6.79. The molecule has 1 aromatic rings. The number of hydrogen-bond donors (Lipinski definition) is 2. The third-order valence-electron chi connectivity index (χ3n) is 2.03. The minimum absolute atomic E-state index is 0.440. The molecule has 0 unspecified atom stereocenters. The molecule has 0 aromatic heterocycles. The number of nitrogens with one attached hydrogen (secondary N) is 1. The van der Waals surface area contributed by atoms with Gasteiger partial charge in [-0.2, -0.15) is 0 Å². The van der Waals surface area contributed by atoms with Crippen molar-refractivity contribution >= 4 is 6.03 Å². The lowest BCUT2D eigenvalue weighted by Gasteiger charge is -2.02. The molecule has 0 saturated heterocycles. The molecular weight excluding hydrogens is 176 g/mol. The van der Waals surface area contributed by atoms with E-state index in [-0.39, 0.29) is 0 Å². The number of nitrogens with two attached hydrogens (primary N) is 1. The maximum absolute atomic E-state index is 10.3. The Labute approximate surface area is 84.3 Å². The van der Waals surface area contributed by atoms with Crippen LogP contribution in [0.4, 0.5) is 4.79 Å². The van der Waals surface area contributed by atoms with Crippen LogP contribution in [-0.4, -0.2) is 12.6 Å². The number of hydrogen-bond acceptors (Lipinski definition) is 1. The Morgan fingerprint density at radius 3 is 2.57 bits per heavy atom. The van der Waals surface area contributed by atoms with Crippen LogP contribution in [0.5, 0.6) is 0 Å². The second kappa shape index (κ2) is 6.02. The molecule has 2 amide bonds. The number of carbonyl (C=O) groups excluding carboxylic acids is 1. The van der Waals surface area contributed by atoms with Crippen LogP contribution >= 0.6 is 0 Å². The number of amides is 2. The van der Waals surface area contributed by atoms with Gasteiger partial charge in [-0.1, -0.05) is 30.3 Å². The standard InChI is InChI=1S/C11H16N2O/c12-11(14)13-9-5-4-8-10-6-2-1-3-7-10/h1-3,6-7H,4-5,8-9H2,(H3,12,13,14). The van der Waals surface area contributed by atoms with Gasteiger partial charge in [0.1, 0.15) is 0 Å². The smallest absolute Gasteiger partial charge is 0.312 e. The monoisotopic (exact) mass is 192 g/mol. The van der Waals surface area contributed by atoms with Crippen LogP contribution in [0.25, 0.3) is 0 Å². The SMILES string of the molecule is NC(=O)NCCCCc1ccccc1. The zero-order valence-corrected chi connectivity index (χ0v) is 8.20. The van der Waals surface area contributed by atoms with Crippen molar-refractivity contribution < 1.29 is 4.79 Å². The van der Waals surface area contributed by atoms with Crippen LogP contribution in [0.15, 0.2) is 30.3 Å². The predicted octanol–water partition coefficient (Wildman–Crippen LogP) is 1.68. The molecule has 0 aliphatic rings. The fourth-order valence-electron chi connectivity index (χ4n) is 1.31. The highest BCUT2D eigenvalue weighted by Crippen LogP contribution is 2.03. The van der Waals surface area contributed by atoms with Gasteiger partial charge >= 0.3 is 6.03 Å². The highest BCUT2D eigenvalue weighted by atomic mass is 16.2. The zero-order valence-electron chi connectivity index (χ0n) is 8.20. The Kier molecular flexibility index (Phi) is 4.55. The summed E-state index contributed by atoms with van der Waals surface area (Å²) in [6.07, 6.45) is 3.10. The Balaban J connectivity index is 2.08. The molecular formula is C11H16N2O. The van der Waals surface area contributed by atoms with Crippen molar-refractivity contribution in [2.75, 3.05) is 6.54 Å². The van der Waals surface area contributed by atoms with E-state index in [1.807, 2.05) is 18.2 Å². The lowest BCUT2D eigenvalue weighted by molar-refractivity contribution is 0.248. The second-order valence-corrected chi connectivity index (χ2v) is 3.23. The average molecular weight is 192 g/mol. The zero-order chi connectivity index (χ0) is 10.2. The summed E-state index contributed by atoms with van der Waals surface area (Å²) in [7, 11) is 0. The van der Waals surface area contributed by atoms with Crippen molar-refractivity contribution in [2.24, 2.45) is 5.73 Å². The molecule has 0 aliphatic carbocycles. The summed E-state index contributed by atoms with van der Waals surface area (Å²) in [6, 6.07) is 9.87. The number of carbonyl (C=O) groups is 1. The van der Waals surface area contributed by atoms with Crippen LogP contribution in [0.3, 0.4) is 0 Å². The summed E-state index contributed by atoms with van der Waals surface area (Å²) in [5, 5.41) is 2.57. The van der Waals surface area contributed by atoms with E-state index >= 15 is 0 Å². The normalized spacial score (nSPS) is 9.71. The van der Waals surface area contributed by atoms with Crippen LogP contribution in [0.2, 0.25) is 0 Å². The first-order valence-corrected chi connectivity index (χ1v) is 4.86. The van der Waals surface area contributed by atoms with Crippen LogP contribution in [0, 0.1) is 0 Å². The Bertz CT molecular complexity index is 272. The third-order valence-corrected chi connectivity index (χ3v) is 2.03. The third kappa shape index (κ3) is 4.50. The van der Waals surface area contributed by atoms with Crippen molar-refractivity contribution in [2.45, 2.75) is 19.3 Å². The van der Waals surface area contributed by atoms with E-state index in [4.69, 9.17) is 5.73 Å². The van der Waals surface area contributed by atoms with Gasteiger partial charge in [-0.15, -0.1) is 0 Å². The lowest BCUT2D eigenvalue weighted by atomic mass is 10.1. The summed E-state index contributed by atoms with van der Waals surface area (Å²) in [5.74, 6) is 0. The van der Waals surface area contributed by atoms with E-state index in [0.717, 1.165) is 19.3 Å². The molecule has 0 spiro atoms. The van der Waals surface area contributed by atoms with Crippen molar-refractivity contribution in [3.8, 4) is 0 Å². The van der Waals surface area contributed by atoms with Gasteiger partial charge in [-0.3, -0.25) is 0 Å². The van der Waals surface area contributed by atoms with Crippen LogP contribution in [0.1, 0.15) is 18.4 Å². The van der Waals surface area contributed by atoms with Crippen LogP contribution < -0.4 is 11.1 Å². The summed E-state index contributed by atoms with van der Waals surface area (Å²) >= 11 is 0. The first kappa shape index (κ1) is 10.6. The molecule has 3 N–H and O–H groups in total. The maximum Gasteiger partial charge on any atom is 0.312 e. The number of benzene rings is 1. The van der Waals surface area contributed by atoms with E-state index < -0.39 is 6.03 Å². The molecule has 1 rings (SSSR count). The van der Waals surface area contributed by atoms with Gasteiger partial charge in [0.15, 0.2) is 0 Å². The molecule has 3 heteroatoms. The van der Waals surface area contributed by atoms with Gasteiger partial charge < -0.3 is 11.1 Å². The molecule has 0 bridgehead atoms. The fraction of sp³-hybridized carbons (Fsp3) is 0.364. The highest BCUT2D eigenvalue weighted by molar-refractivity contribution is 5.71. The maximum atomic E-state index is 10.3. The molecule has 0 radical (unpaired) electrons. The predicted molar refractivity (Wildman–Crippen MR) is 57.0 cm³/mol. The van der Waals surface area contributed by atoms with Gasteiger partial charge in [-0.25, -0.2) is 4.79 Å². The molecule has 0 atom stereocenters. The van der Waals surface area contributed by atoms with Gasteiger partial charge in [0.25, 0.3) is 0 Å². The van der Waals surface area contributed by atoms with Gasteiger partial charge in [0, 0.05) is 6.54 Å². The average Bonchev–Trinajstić information content (AvgIpc) is 2.18. The summed E-state index contributed by atoms with van der Waals surface area (Å²) in [5.41, 5.74) is 6.28. The van der Waals surface area contributed by atoms with Crippen molar-refractivity contribution in [3.63, 3.8) is 0 Å². The number of primary amides is 1. The second-order valence-electron chi connectivity index (χ2n) is 3.23. The van der Waals surface area contributed by atoms with Crippen molar-refractivity contribution in [1.82, 2.24) is 5.32 Å². The molecule has 0 saturated carbocycles. The molecule has 76 valence electrons. The topological polar surface area (TPSA) is 55.1 Å². The lowest BCUT2D eigenvalue weighted by Crippen LogP contribution is -2.30. The van der Waals surface area contributed by atoms with E-state index in [1.54, 1.807) is 0 Å². The van der Waals surface area contributed by atoms with Crippen LogP contribution in [-0.2, 0) is 6.42 Å². The largest absolute Gasteiger partial charge is 0.352 e. The minimum atomic E-state index is -0.440. The van der Waals surface area contributed by atoms with E-state index in [2.05, 4.69) is 17.4 Å². The van der Waals surface area contributed by atoms with E-state index in [9.17, 15) is 4.79 Å².